The number of hydrogen-bond donors (Lipinski definition) is 0. The van der Waals surface area contributed by atoms with Gasteiger partial charge in [0.15, 0.2) is 0 Å². The molecule has 0 radical (unpaired) electrons. The van der Waals surface area contributed by atoms with Crippen molar-refractivity contribution in [2.24, 2.45) is 5.92 Å². The summed E-state index contributed by atoms with van der Waals surface area (Å²) < 4.78 is 35.8. The number of benzene rings is 2. The van der Waals surface area contributed by atoms with Crippen LogP contribution in [-0.2, 0) is 14.8 Å². The Morgan fingerprint density at radius 1 is 1.06 bits per heavy atom. The van der Waals surface area contributed by atoms with Gasteiger partial charge in [0.2, 0.25) is 0 Å². The average Bonchev–Trinajstić information content (AvgIpc) is 3.58. The smallest absolute Gasteiger partial charge is 0.264 e. The van der Waals surface area contributed by atoms with E-state index >= 15 is 0 Å². The number of ether oxygens (including phenoxy) is 1. The monoisotopic (exact) mass is 456 g/mol. The number of fused-ring (bicyclic) bond motifs is 1. The third-order valence-corrected chi connectivity index (χ3v) is 9.51. The molecule has 0 atom stereocenters. The van der Waals surface area contributed by atoms with Crippen LogP contribution < -0.4 is 9.21 Å². The van der Waals surface area contributed by atoms with Gasteiger partial charge in [0, 0.05) is 30.0 Å². The van der Waals surface area contributed by atoms with Gasteiger partial charge in [-0.1, -0.05) is 31.0 Å². The Morgan fingerprint density at radius 2 is 1.77 bits per heavy atom. The maximum atomic E-state index is 13.8. The molecule has 3 aromatic rings. The zero-order chi connectivity index (χ0) is 21.4. The molecule has 0 spiro atoms. The number of thiophene rings is 1. The van der Waals surface area contributed by atoms with Crippen LogP contribution in [0.5, 0.6) is 0 Å². The van der Waals surface area contributed by atoms with E-state index in [4.69, 9.17) is 4.74 Å². The van der Waals surface area contributed by atoms with E-state index in [2.05, 4.69) is 17.0 Å². The lowest BCUT2D eigenvalue weighted by molar-refractivity contribution is 0.122. The fourth-order valence-electron chi connectivity index (χ4n) is 4.21. The second-order valence-electron chi connectivity index (χ2n) is 8.43. The zero-order valence-electron chi connectivity index (χ0n) is 17.8. The van der Waals surface area contributed by atoms with Crippen molar-refractivity contribution < 1.29 is 13.2 Å². The highest BCUT2D eigenvalue weighted by molar-refractivity contribution is 7.93. The van der Waals surface area contributed by atoms with E-state index in [9.17, 15) is 8.42 Å². The molecule has 2 aromatic carbocycles. The summed E-state index contributed by atoms with van der Waals surface area (Å²) >= 11 is 1.58. The van der Waals surface area contributed by atoms with Crippen molar-refractivity contribution in [3.63, 3.8) is 0 Å². The summed E-state index contributed by atoms with van der Waals surface area (Å²) in [7, 11) is -3.64. The summed E-state index contributed by atoms with van der Waals surface area (Å²) in [5, 5.41) is 1.98. The molecule has 1 aliphatic carbocycles. The Labute approximate surface area is 188 Å². The molecule has 2 aliphatic rings. The van der Waals surface area contributed by atoms with Crippen molar-refractivity contribution in [3.05, 3.63) is 54.1 Å². The summed E-state index contributed by atoms with van der Waals surface area (Å²) in [5.74, 6) is 0.663. The first-order valence-electron chi connectivity index (χ1n) is 11.0. The quantitative estimate of drug-likeness (QED) is 0.500. The second-order valence-corrected chi connectivity index (χ2v) is 11.3. The first kappa shape index (κ1) is 20.8. The molecule has 5 nitrogen and oxygen atoms in total. The molecule has 164 valence electrons. The third kappa shape index (κ3) is 4.19. The standard InChI is InChI=1S/C24H28N2O3S2/c1-18-22-4-2-3-5-23(22)30-24(18)26(13-12-19-6-7-19)31(27,28)21-10-8-20(9-11-21)25-14-16-29-17-15-25/h2-5,8-11,19H,6-7,12-17H2,1H3. The van der Waals surface area contributed by atoms with Crippen molar-refractivity contribution >= 4 is 42.1 Å². The first-order chi connectivity index (χ1) is 15.0. The highest BCUT2D eigenvalue weighted by Crippen LogP contribution is 2.41. The number of nitrogens with zero attached hydrogens (tertiary/aromatic N) is 2. The Balaban J connectivity index is 1.49. The fraction of sp³-hybridized carbons (Fsp3) is 0.417. The molecule has 7 heteroatoms. The van der Waals surface area contributed by atoms with Crippen molar-refractivity contribution in [3.8, 4) is 0 Å². The van der Waals surface area contributed by atoms with Crippen LogP contribution in [0, 0.1) is 12.8 Å². The van der Waals surface area contributed by atoms with Gasteiger partial charge < -0.3 is 9.64 Å². The topological polar surface area (TPSA) is 49.9 Å². The Bertz CT molecular complexity index is 1160. The van der Waals surface area contributed by atoms with Gasteiger partial charge in [0.1, 0.15) is 5.00 Å². The second kappa shape index (κ2) is 8.45. The molecule has 0 bridgehead atoms. The highest BCUT2D eigenvalue weighted by atomic mass is 32.2. The van der Waals surface area contributed by atoms with E-state index in [1.807, 2.05) is 31.2 Å². The van der Waals surface area contributed by atoms with Crippen molar-refractivity contribution in [2.45, 2.75) is 31.1 Å². The van der Waals surface area contributed by atoms with Gasteiger partial charge >= 0.3 is 0 Å². The van der Waals surface area contributed by atoms with Crippen LogP contribution in [0.3, 0.4) is 0 Å². The number of sulfonamides is 1. The molecule has 1 saturated heterocycles. The third-order valence-electron chi connectivity index (χ3n) is 6.28. The minimum atomic E-state index is -3.64. The average molecular weight is 457 g/mol. The number of anilines is 2. The summed E-state index contributed by atoms with van der Waals surface area (Å²) in [5.41, 5.74) is 2.09. The van der Waals surface area contributed by atoms with Gasteiger partial charge in [-0.2, -0.15) is 0 Å². The molecule has 5 rings (SSSR count). The number of hydrogen-bond acceptors (Lipinski definition) is 5. The Hall–Kier alpha value is -2.09. The first-order valence-corrected chi connectivity index (χ1v) is 13.2. The van der Waals surface area contributed by atoms with E-state index in [1.54, 1.807) is 27.8 Å². The molecule has 31 heavy (non-hydrogen) atoms. The largest absolute Gasteiger partial charge is 0.378 e. The summed E-state index contributed by atoms with van der Waals surface area (Å²) in [6.45, 7) is 5.66. The Kier molecular flexibility index (Phi) is 5.67. The van der Waals surface area contributed by atoms with Gasteiger partial charge in [0.05, 0.1) is 18.1 Å². The van der Waals surface area contributed by atoms with Gasteiger partial charge in [-0.15, -0.1) is 11.3 Å². The van der Waals surface area contributed by atoms with Gasteiger partial charge in [-0.25, -0.2) is 8.42 Å². The van der Waals surface area contributed by atoms with E-state index in [-0.39, 0.29) is 0 Å². The molecule has 1 saturated carbocycles. The maximum Gasteiger partial charge on any atom is 0.264 e. The van der Waals surface area contributed by atoms with Crippen LogP contribution >= 0.6 is 11.3 Å². The van der Waals surface area contributed by atoms with Crippen LogP contribution in [-0.4, -0.2) is 41.3 Å². The summed E-state index contributed by atoms with van der Waals surface area (Å²) in [4.78, 5) is 2.60. The van der Waals surface area contributed by atoms with E-state index < -0.39 is 10.0 Å². The molecule has 0 unspecified atom stereocenters. The predicted octanol–water partition coefficient (Wildman–Crippen LogP) is 5.04. The van der Waals surface area contributed by atoms with Crippen LogP contribution in [0.4, 0.5) is 10.7 Å². The molecule has 0 amide bonds. The SMILES string of the molecule is Cc1c(N(CCC2CC2)S(=O)(=O)c2ccc(N3CCOCC3)cc2)sc2ccccc12. The minimum Gasteiger partial charge on any atom is -0.378 e. The van der Waals surface area contributed by atoms with Gasteiger partial charge in [-0.05, 0) is 60.5 Å². The van der Waals surface area contributed by atoms with Gasteiger partial charge in [0.25, 0.3) is 10.0 Å². The van der Waals surface area contributed by atoms with Crippen LogP contribution in [0.1, 0.15) is 24.8 Å². The predicted molar refractivity (Wildman–Crippen MR) is 128 cm³/mol. The molecular formula is C24H28N2O3S2. The van der Waals surface area contributed by atoms with Crippen molar-refractivity contribution in [1.82, 2.24) is 0 Å². The van der Waals surface area contributed by atoms with Crippen LogP contribution in [0.2, 0.25) is 0 Å². The summed E-state index contributed by atoms with van der Waals surface area (Å²) in [6.07, 6.45) is 3.35. The molecule has 2 heterocycles. The normalized spacial score (nSPS) is 17.3. The number of aryl methyl sites for hydroxylation is 1. The highest BCUT2D eigenvalue weighted by Gasteiger charge is 2.31. The zero-order valence-corrected chi connectivity index (χ0v) is 19.4. The lowest BCUT2D eigenvalue weighted by atomic mass is 10.2. The Morgan fingerprint density at radius 3 is 2.45 bits per heavy atom. The number of rotatable bonds is 7. The maximum absolute atomic E-state index is 13.8. The lowest BCUT2D eigenvalue weighted by Crippen LogP contribution is -2.36. The summed E-state index contributed by atoms with van der Waals surface area (Å²) in [6, 6.07) is 15.5. The van der Waals surface area contributed by atoms with E-state index in [0.29, 0.717) is 30.6 Å². The van der Waals surface area contributed by atoms with Crippen molar-refractivity contribution in [1.29, 1.82) is 0 Å². The molecule has 2 fully saturated rings. The van der Waals surface area contributed by atoms with Crippen molar-refractivity contribution in [2.75, 3.05) is 42.1 Å². The fourth-order valence-corrected chi connectivity index (χ4v) is 7.20. The van der Waals surface area contributed by atoms with E-state index in [1.165, 1.54) is 12.8 Å². The molecule has 0 N–H and O–H groups in total. The van der Waals surface area contributed by atoms with E-state index in [0.717, 1.165) is 45.8 Å². The molecule has 1 aliphatic heterocycles. The lowest BCUT2D eigenvalue weighted by Gasteiger charge is -2.29. The van der Waals surface area contributed by atoms with Gasteiger partial charge in [-0.3, -0.25) is 4.31 Å². The van der Waals surface area contributed by atoms with Crippen LogP contribution in [0.25, 0.3) is 10.1 Å². The minimum absolute atomic E-state index is 0.358. The molecular weight excluding hydrogens is 428 g/mol. The molecule has 1 aromatic heterocycles. The van der Waals surface area contributed by atoms with Crippen LogP contribution in [0.15, 0.2) is 53.4 Å². The number of morpholine rings is 1.